The Morgan fingerprint density at radius 2 is 1.32 bits per heavy atom. The van der Waals surface area contributed by atoms with Crippen LogP contribution in [0.1, 0.15) is 0 Å². The van der Waals surface area contributed by atoms with Crippen LogP contribution in [0.2, 0.25) is 0 Å². The lowest BCUT2D eigenvalue weighted by Crippen LogP contribution is -2.04. The van der Waals surface area contributed by atoms with Gasteiger partial charge in [0, 0.05) is 17.2 Å². The molecule has 2 aromatic carbocycles. The maximum absolute atomic E-state index is 11.5. The summed E-state index contributed by atoms with van der Waals surface area (Å²) in [6.45, 7) is 10.8. The largest absolute Gasteiger partial charge is 0.457 e. The van der Waals surface area contributed by atoms with E-state index in [2.05, 4.69) is 19.7 Å². The Kier molecular flexibility index (Phi) is 4.94. The van der Waals surface area contributed by atoms with Crippen molar-refractivity contribution in [2.24, 2.45) is 0 Å². The minimum atomic E-state index is -0.513. The topological polar surface area (TPSA) is 35.5 Å². The van der Waals surface area contributed by atoms with E-state index in [0.29, 0.717) is 17.3 Å². The molecule has 2 aromatic rings. The molecule has 0 heterocycles. The van der Waals surface area contributed by atoms with Gasteiger partial charge in [-0.05, 0) is 18.2 Å². The molecule has 0 spiro atoms. The molecule has 110 valence electrons. The second kappa shape index (κ2) is 7.09. The Balaban J connectivity index is 2.48. The Bertz CT molecular complexity index is 665. The van der Waals surface area contributed by atoms with Gasteiger partial charge in [-0.15, -0.1) is 0 Å². The zero-order chi connectivity index (χ0) is 15.9. The number of benzene rings is 2. The number of carbonyl (C=O) groups excluding carboxylic acids is 1. The molecular weight excluding hydrogens is 276 g/mol. The van der Waals surface area contributed by atoms with E-state index in [4.69, 9.17) is 9.47 Å². The summed E-state index contributed by atoms with van der Waals surface area (Å²) in [6.07, 6.45) is 2.65. The normalized spacial score (nSPS) is 9.64. The predicted molar refractivity (Wildman–Crippen MR) is 87.7 cm³/mol. The van der Waals surface area contributed by atoms with Gasteiger partial charge in [-0.2, -0.15) is 0 Å². The van der Waals surface area contributed by atoms with Crippen LogP contribution in [0.15, 0.2) is 86.2 Å². The summed E-state index contributed by atoms with van der Waals surface area (Å²) in [5.41, 5.74) is 1.53. The maximum atomic E-state index is 11.5. The highest BCUT2D eigenvalue weighted by Gasteiger charge is 2.13. The summed E-state index contributed by atoms with van der Waals surface area (Å²) in [5.74, 6) is 0.969. The zero-order valence-corrected chi connectivity index (χ0v) is 12.1. The number of para-hydroxylation sites is 2. The van der Waals surface area contributed by atoms with Crippen LogP contribution in [0, 0.1) is 0 Å². The number of rotatable bonds is 6. The first-order valence-electron chi connectivity index (χ1n) is 6.67. The van der Waals surface area contributed by atoms with Gasteiger partial charge in [-0.3, -0.25) is 0 Å². The lowest BCUT2D eigenvalue weighted by Gasteiger charge is -2.14. The number of carbonyl (C=O) groups is 1. The van der Waals surface area contributed by atoms with E-state index in [0.717, 1.165) is 17.2 Å². The van der Waals surface area contributed by atoms with Crippen molar-refractivity contribution in [3.05, 3.63) is 86.2 Å². The van der Waals surface area contributed by atoms with Crippen LogP contribution in [0.5, 0.6) is 11.5 Å². The molecule has 0 saturated heterocycles. The molecule has 0 saturated carbocycles. The van der Waals surface area contributed by atoms with Crippen LogP contribution >= 0.6 is 0 Å². The fourth-order valence-corrected chi connectivity index (χ4v) is 1.89. The lowest BCUT2D eigenvalue weighted by atomic mass is 10.0. The molecule has 0 fully saturated rings. The standard InChI is InChI=1S/C19H16O3/c1-4-14(3)21-17-12-8-6-10-15(17)16-11-7-9-13-18(16)22-19(20)5-2/h4-13H,1-3H2. The van der Waals surface area contributed by atoms with E-state index in [1.54, 1.807) is 12.1 Å². The summed E-state index contributed by atoms with van der Waals surface area (Å²) in [7, 11) is 0. The highest BCUT2D eigenvalue weighted by atomic mass is 16.5. The molecule has 0 atom stereocenters. The molecule has 0 bridgehead atoms. The fourth-order valence-electron chi connectivity index (χ4n) is 1.89. The third-order valence-corrected chi connectivity index (χ3v) is 2.91. The van der Waals surface area contributed by atoms with E-state index < -0.39 is 5.97 Å². The van der Waals surface area contributed by atoms with Crippen molar-refractivity contribution in [2.75, 3.05) is 0 Å². The summed E-state index contributed by atoms with van der Waals surface area (Å²) < 4.78 is 10.9. The van der Waals surface area contributed by atoms with Gasteiger partial charge in [0.1, 0.15) is 17.3 Å². The third-order valence-electron chi connectivity index (χ3n) is 2.91. The van der Waals surface area contributed by atoms with E-state index in [1.807, 2.05) is 36.4 Å². The van der Waals surface area contributed by atoms with E-state index in [-0.39, 0.29) is 0 Å². The average molecular weight is 292 g/mol. The van der Waals surface area contributed by atoms with Crippen LogP contribution in [0.3, 0.4) is 0 Å². The van der Waals surface area contributed by atoms with Crippen LogP contribution in [-0.2, 0) is 4.79 Å². The first-order valence-corrected chi connectivity index (χ1v) is 6.67. The van der Waals surface area contributed by atoms with Gasteiger partial charge < -0.3 is 9.47 Å². The second-order valence-electron chi connectivity index (χ2n) is 4.39. The van der Waals surface area contributed by atoms with Crippen molar-refractivity contribution in [1.82, 2.24) is 0 Å². The van der Waals surface area contributed by atoms with Gasteiger partial charge in [0.2, 0.25) is 0 Å². The molecule has 0 aliphatic carbocycles. The van der Waals surface area contributed by atoms with Crippen molar-refractivity contribution in [3.63, 3.8) is 0 Å². The molecule has 3 heteroatoms. The van der Waals surface area contributed by atoms with Gasteiger partial charge in [-0.1, -0.05) is 56.1 Å². The van der Waals surface area contributed by atoms with Crippen LogP contribution in [-0.4, -0.2) is 5.97 Å². The summed E-state index contributed by atoms with van der Waals surface area (Å²) in [4.78, 5) is 11.5. The monoisotopic (exact) mass is 292 g/mol. The SMILES string of the molecule is C=CC(=C)Oc1ccccc1-c1ccccc1OC(=O)C=C. The molecule has 0 amide bonds. The highest BCUT2D eigenvalue weighted by Crippen LogP contribution is 2.36. The van der Waals surface area contributed by atoms with E-state index >= 15 is 0 Å². The maximum Gasteiger partial charge on any atom is 0.335 e. The van der Waals surface area contributed by atoms with Gasteiger partial charge in [0.15, 0.2) is 0 Å². The van der Waals surface area contributed by atoms with E-state index in [1.165, 1.54) is 6.08 Å². The Labute approximate surface area is 129 Å². The molecule has 0 N–H and O–H groups in total. The Morgan fingerprint density at radius 3 is 1.82 bits per heavy atom. The van der Waals surface area contributed by atoms with Crippen molar-refractivity contribution in [3.8, 4) is 22.6 Å². The third kappa shape index (κ3) is 3.52. The fraction of sp³-hybridized carbons (Fsp3) is 0. The zero-order valence-electron chi connectivity index (χ0n) is 12.1. The molecule has 0 radical (unpaired) electrons. The van der Waals surface area contributed by atoms with Crippen LogP contribution < -0.4 is 9.47 Å². The van der Waals surface area contributed by atoms with Crippen molar-refractivity contribution in [1.29, 1.82) is 0 Å². The van der Waals surface area contributed by atoms with Gasteiger partial charge in [0.05, 0.1) is 0 Å². The number of esters is 1. The quantitative estimate of drug-likeness (QED) is 0.258. The van der Waals surface area contributed by atoms with Crippen molar-refractivity contribution >= 4 is 5.97 Å². The first-order chi connectivity index (χ1) is 10.7. The Hall–Kier alpha value is -3.07. The van der Waals surface area contributed by atoms with Crippen LogP contribution in [0.25, 0.3) is 11.1 Å². The van der Waals surface area contributed by atoms with Gasteiger partial charge in [-0.25, -0.2) is 4.79 Å². The molecule has 22 heavy (non-hydrogen) atoms. The predicted octanol–water partition coefficient (Wildman–Crippen LogP) is 4.52. The Morgan fingerprint density at radius 1 is 0.818 bits per heavy atom. The number of ether oxygens (including phenoxy) is 2. The van der Waals surface area contributed by atoms with Gasteiger partial charge in [0.25, 0.3) is 0 Å². The minimum absolute atomic E-state index is 0.438. The summed E-state index contributed by atoms with van der Waals surface area (Å²) in [5, 5.41) is 0. The summed E-state index contributed by atoms with van der Waals surface area (Å²) in [6, 6.07) is 14.7. The van der Waals surface area contributed by atoms with E-state index in [9.17, 15) is 4.79 Å². The number of hydrogen-bond donors (Lipinski definition) is 0. The number of allylic oxidation sites excluding steroid dienone is 1. The molecule has 3 nitrogen and oxygen atoms in total. The van der Waals surface area contributed by atoms with Crippen molar-refractivity contribution < 1.29 is 14.3 Å². The highest BCUT2D eigenvalue weighted by molar-refractivity contribution is 5.86. The van der Waals surface area contributed by atoms with Crippen molar-refractivity contribution in [2.45, 2.75) is 0 Å². The first kappa shape index (κ1) is 15.3. The molecular formula is C19H16O3. The number of hydrogen-bond acceptors (Lipinski definition) is 3. The minimum Gasteiger partial charge on any atom is -0.457 e. The second-order valence-corrected chi connectivity index (χ2v) is 4.39. The smallest absolute Gasteiger partial charge is 0.335 e. The average Bonchev–Trinajstić information content (AvgIpc) is 2.55. The molecule has 0 aromatic heterocycles. The molecule has 2 rings (SSSR count). The van der Waals surface area contributed by atoms with Gasteiger partial charge >= 0.3 is 5.97 Å². The molecule has 0 unspecified atom stereocenters. The molecule has 0 aliphatic rings. The van der Waals surface area contributed by atoms with Crippen LogP contribution in [0.4, 0.5) is 0 Å². The summed E-state index contributed by atoms with van der Waals surface area (Å²) >= 11 is 0. The molecule has 0 aliphatic heterocycles. The lowest BCUT2D eigenvalue weighted by molar-refractivity contribution is -0.128.